The molecule has 3 rings (SSSR count). The molecule has 26 heavy (non-hydrogen) atoms. The van der Waals surface area contributed by atoms with Crippen molar-refractivity contribution in [1.29, 1.82) is 0 Å². The second-order valence-electron chi connectivity index (χ2n) is 6.59. The second kappa shape index (κ2) is 8.39. The molecule has 1 unspecified atom stereocenters. The zero-order valence-corrected chi connectivity index (χ0v) is 15.1. The van der Waals surface area contributed by atoms with Gasteiger partial charge in [-0.25, -0.2) is 0 Å². The van der Waals surface area contributed by atoms with Crippen molar-refractivity contribution in [3.05, 3.63) is 101 Å². The maximum Gasteiger partial charge on any atom is 0.118 e. The van der Waals surface area contributed by atoms with Crippen molar-refractivity contribution in [2.75, 3.05) is 19.0 Å². The van der Waals surface area contributed by atoms with Gasteiger partial charge in [-0.05, 0) is 47.4 Å². The van der Waals surface area contributed by atoms with Crippen LogP contribution in [0.2, 0.25) is 0 Å². The molecule has 0 radical (unpaired) electrons. The van der Waals surface area contributed by atoms with Gasteiger partial charge < -0.3 is 4.90 Å². The molecular weight excluding hydrogens is 322 g/mol. The number of aromatic nitrogens is 1. The summed E-state index contributed by atoms with van der Waals surface area (Å²) in [6.45, 7) is 0. The van der Waals surface area contributed by atoms with Crippen LogP contribution in [-0.4, -0.2) is 19.1 Å². The number of hydrogen-bond acceptors (Lipinski definition) is 4. The molecule has 3 aromatic rings. The van der Waals surface area contributed by atoms with E-state index < -0.39 is 6.04 Å². The highest BCUT2D eigenvalue weighted by molar-refractivity contribution is 5.48. The Kier molecular flexibility index (Phi) is 5.74. The van der Waals surface area contributed by atoms with Crippen LogP contribution in [0.4, 0.5) is 5.69 Å². The van der Waals surface area contributed by atoms with Crippen LogP contribution in [0.3, 0.4) is 0 Å². The van der Waals surface area contributed by atoms with Gasteiger partial charge >= 0.3 is 0 Å². The van der Waals surface area contributed by atoms with Crippen LogP contribution in [0.5, 0.6) is 0 Å². The first-order chi connectivity index (χ1) is 12.7. The van der Waals surface area contributed by atoms with Gasteiger partial charge in [0.05, 0.1) is 0 Å². The van der Waals surface area contributed by atoms with Crippen molar-refractivity contribution < 1.29 is 0 Å². The summed E-state index contributed by atoms with van der Waals surface area (Å²) >= 11 is 0. The fraction of sp³-hybridized carbons (Fsp3) is 0.227. The molecule has 0 amide bonds. The van der Waals surface area contributed by atoms with Crippen LogP contribution < -0.4 is 4.90 Å². The number of anilines is 1. The molecule has 0 aliphatic heterocycles. The van der Waals surface area contributed by atoms with Crippen molar-refractivity contribution in [3.63, 3.8) is 0 Å². The Morgan fingerprint density at radius 1 is 0.846 bits per heavy atom. The quantitative estimate of drug-likeness (QED) is 0.554. The molecule has 132 valence electrons. The van der Waals surface area contributed by atoms with Crippen molar-refractivity contribution in [2.24, 2.45) is 5.18 Å². The van der Waals surface area contributed by atoms with E-state index in [0.717, 1.165) is 11.3 Å². The van der Waals surface area contributed by atoms with Gasteiger partial charge in [0, 0.05) is 38.1 Å². The van der Waals surface area contributed by atoms with E-state index in [1.165, 1.54) is 11.1 Å². The molecule has 0 bridgehead atoms. The Morgan fingerprint density at radius 2 is 1.46 bits per heavy atom. The minimum atomic E-state index is -0.406. The van der Waals surface area contributed by atoms with Crippen LogP contribution in [0.25, 0.3) is 0 Å². The van der Waals surface area contributed by atoms with E-state index in [0.29, 0.717) is 6.42 Å². The number of nitroso groups, excluding NO2 is 1. The molecule has 0 aliphatic carbocycles. The lowest BCUT2D eigenvalue weighted by molar-refractivity contribution is 0.594. The van der Waals surface area contributed by atoms with Crippen LogP contribution in [0.15, 0.2) is 84.3 Å². The van der Waals surface area contributed by atoms with E-state index in [1.54, 1.807) is 12.4 Å². The Bertz CT molecular complexity index is 817. The number of hydrogen-bond donors (Lipinski definition) is 0. The topological polar surface area (TPSA) is 45.6 Å². The van der Waals surface area contributed by atoms with Crippen molar-refractivity contribution in [3.8, 4) is 0 Å². The average molecular weight is 345 g/mol. The Hall–Kier alpha value is -3.01. The van der Waals surface area contributed by atoms with Crippen LogP contribution in [-0.2, 0) is 0 Å². The first-order valence-electron chi connectivity index (χ1n) is 8.73. The average Bonchev–Trinajstić information content (AvgIpc) is 2.70. The number of pyridine rings is 1. The van der Waals surface area contributed by atoms with Gasteiger partial charge in [-0.1, -0.05) is 47.6 Å². The predicted molar refractivity (Wildman–Crippen MR) is 106 cm³/mol. The molecular formula is C22H23N3O. The molecule has 0 aliphatic rings. The smallest absolute Gasteiger partial charge is 0.118 e. The first kappa shape index (κ1) is 17.8. The van der Waals surface area contributed by atoms with Gasteiger partial charge in [-0.15, -0.1) is 0 Å². The fourth-order valence-corrected chi connectivity index (χ4v) is 3.20. The number of rotatable bonds is 7. The summed E-state index contributed by atoms with van der Waals surface area (Å²) in [7, 11) is 4.05. The van der Waals surface area contributed by atoms with E-state index in [9.17, 15) is 4.91 Å². The summed E-state index contributed by atoms with van der Waals surface area (Å²) in [4.78, 5) is 17.7. The lowest BCUT2D eigenvalue weighted by Crippen LogP contribution is -2.10. The SMILES string of the molecule is CN(C)c1ccc([C@H](CC(N=O)c2ccncc2)c2ccccc2)cc1. The molecule has 0 fully saturated rings. The normalized spacial score (nSPS) is 13.0. The maximum absolute atomic E-state index is 11.6. The van der Waals surface area contributed by atoms with Gasteiger partial charge in [0.1, 0.15) is 6.04 Å². The van der Waals surface area contributed by atoms with Gasteiger partial charge in [-0.3, -0.25) is 4.98 Å². The van der Waals surface area contributed by atoms with Gasteiger partial charge in [0.15, 0.2) is 0 Å². The molecule has 2 aromatic carbocycles. The molecule has 4 heteroatoms. The summed E-state index contributed by atoms with van der Waals surface area (Å²) in [6, 6.07) is 22.1. The molecule has 4 nitrogen and oxygen atoms in total. The summed E-state index contributed by atoms with van der Waals surface area (Å²) in [6.07, 6.45) is 4.03. The second-order valence-corrected chi connectivity index (χ2v) is 6.59. The summed E-state index contributed by atoms with van der Waals surface area (Å²) < 4.78 is 0. The van der Waals surface area contributed by atoms with Crippen molar-refractivity contribution in [2.45, 2.75) is 18.4 Å². The highest BCUT2D eigenvalue weighted by atomic mass is 16.3. The molecule has 0 saturated carbocycles. The zero-order chi connectivity index (χ0) is 18.4. The van der Waals surface area contributed by atoms with E-state index in [-0.39, 0.29) is 5.92 Å². The van der Waals surface area contributed by atoms with Crippen LogP contribution in [0.1, 0.15) is 35.1 Å². The highest BCUT2D eigenvalue weighted by Crippen LogP contribution is 2.36. The number of nitrogens with zero attached hydrogens (tertiary/aromatic N) is 3. The largest absolute Gasteiger partial charge is 0.378 e. The predicted octanol–water partition coefficient (Wildman–Crippen LogP) is 5.18. The lowest BCUT2D eigenvalue weighted by atomic mass is 9.84. The standard InChI is InChI=1S/C22H23N3O/c1-25(2)20-10-8-18(9-11-20)21(17-6-4-3-5-7-17)16-22(24-26)19-12-14-23-15-13-19/h3-15,21-22H,16H2,1-2H3/t21-,22?/m1/s1. The van der Waals surface area contributed by atoms with Crippen LogP contribution >= 0.6 is 0 Å². The van der Waals surface area contributed by atoms with Crippen molar-refractivity contribution >= 4 is 5.69 Å². The molecule has 2 atom stereocenters. The van der Waals surface area contributed by atoms with Crippen LogP contribution in [0, 0.1) is 4.91 Å². The lowest BCUT2D eigenvalue weighted by Gasteiger charge is -2.22. The minimum Gasteiger partial charge on any atom is -0.378 e. The summed E-state index contributed by atoms with van der Waals surface area (Å²) in [5.41, 5.74) is 4.43. The van der Waals surface area contributed by atoms with E-state index >= 15 is 0 Å². The van der Waals surface area contributed by atoms with E-state index in [2.05, 4.69) is 51.5 Å². The van der Waals surface area contributed by atoms with Gasteiger partial charge in [0.2, 0.25) is 0 Å². The number of benzene rings is 2. The summed E-state index contributed by atoms with van der Waals surface area (Å²) in [5, 5.41) is 3.41. The van der Waals surface area contributed by atoms with Gasteiger partial charge in [0.25, 0.3) is 0 Å². The molecule has 1 aromatic heterocycles. The van der Waals surface area contributed by atoms with Gasteiger partial charge in [-0.2, -0.15) is 4.91 Å². The Morgan fingerprint density at radius 3 is 2.04 bits per heavy atom. The Labute approximate surface area is 154 Å². The third-order valence-corrected chi connectivity index (χ3v) is 4.69. The molecule has 0 spiro atoms. The third kappa shape index (κ3) is 4.14. The molecule has 0 saturated heterocycles. The van der Waals surface area contributed by atoms with E-state index in [4.69, 9.17) is 0 Å². The first-order valence-corrected chi connectivity index (χ1v) is 8.73. The summed E-state index contributed by atoms with van der Waals surface area (Å²) in [5.74, 6) is 0.100. The third-order valence-electron chi connectivity index (χ3n) is 4.69. The molecule has 1 heterocycles. The maximum atomic E-state index is 11.6. The molecule has 0 N–H and O–H groups in total. The highest BCUT2D eigenvalue weighted by Gasteiger charge is 2.22. The fourth-order valence-electron chi connectivity index (χ4n) is 3.20. The zero-order valence-electron chi connectivity index (χ0n) is 15.1. The van der Waals surface area contributed by atoms with E-state index in [1.807, 2.05) is 44.4 Å². The monoisotopic (exact) mass is 345 g/mol. The Balaban J connectivity index is 1.94. The minimum absolute atomic E-state index is 0.100. The van der Waals surface area contributed by atoms with Crippen molar-refractivity contribution in [1.82, 2.24) is 4.98 Å².